The van der Waals surface area contributed by atoms with E-state index in [1.54, 1.807) is 0 Å². The Bertz CT molecular complexity index is 2060. The van der Waals surface area contributed by atoms with E-state index in [9.17, 15) is 50.4 Å². The van der Waals surface area contributed by atoms with Crippen LogP contribution in [0.15, 0.2) is 23.3 Å². The number of aliphatic carboxylic acids is 2. The van der Waals surface area contributed by atoms with Gasteiger partial charge in [0.1, 0.15) is 0 Å². The molecule has 10 rings (SSSR count). The van der Waals surface area contributed by atoms with Gasteiger partial charge in [0.25, 0.3) is 0 Å². The van der Waals surface area contributed by atoms with E-state index in [2.05, 4.69) is 95.2 Å². The summed E-state index contributed by atoms with van der Waals surface area (Å²) in [5, 5.41) is 88.6. The predicted octanol–water partition coefficient (Wildman–Crippen LogP) is 10.4. The van der Waals surface area contributed by atoms with Crippen molar-refractivity contribution in [3.63, 3.8) is 0 Å². The summed E-state index contributed by atoms with van der Waals surface area (Å²) in [5.41, 5.74) is -2.92. The lowest BCUT2D eigenvalue weighted by molar-refractivity contribution is -0.237. The maximum absolute atomic E-state index is 12.8. The van der Waals surface area contributed by atoms with Crippen LogP contribution >= 0.6 is 0 Å². The molecule has 8 saturated carbocycles. The fourth-order valence-corrected chi connectivity index (χ4v) is 22.0. The van der Waals surface area contributed by atoms with Crippen LogP contribution in [-0.2, 0) is 9.59 Å². The van der Waals surface area contributed by atoms with Crippen molar-refractivity contribution < 1.29 is 50.4 Å². The van der Waals surface area contributed by atoms with E-state index < -0.39 is 58.4 Å². The smallest absolute Gasteiger partial charge is 0.310 e. The normalized spacial score (nSPS) is 57.1. The lowest BCUT2D eigenvalue weighted by Gasteiger charge is -2.72. The van der Waals surface area contributed by atoms with Crippen LogP contribution in [0.25, 0.3) is 0 Å². The molecule has 6 unspecified atom stereocenters. The number of allylic oxidation sites excluding steroid dienone is 2. The Morgan fingerprint density at radius 2 is 0.800 bits per heavy atom. The second kappa shape index (κ2) is 15.9. The van der Waals surface area contributed by atoms with E-state index >= 15 is 0 Å². The summed E-state index contributed by atoms with van der Waals surface area (Å²) in [6.45, 7) is 30.7. The molecular formula is C60H96O10. The van der Waals surface area contributed by atoms with Crippen LogP contribution in [-0.4, -0.2) is 88.4 Å². The molecule has 396 valence electrons. The van der Waals surface area contributed by atoms with Gasteiger partial charge < -0.3 is 40.9 Å². The van der Waals surface area contributed by atoms with Crippen molar-refractivity contribution in [2.75, 3.05) is 0 Å². The highest BCUT2D eigenvalue weighted by atomic mass is 16.4. The average molecular weight is 977 g/mol. The standard InChI is InChI=1S/2C30H48O5/c2*1-17-10-13-30(24(33)34)15-14-27(5)18(22(30)29(17,7)35)8-9-21-26(4)16-19(31)23(32)25(2,3)20(26)11-12-28(21,27)6/h2*8,17,19-23,31-32,35H,9-16H2,1-7H3,(H,33,34)/t17-,19-,20?,21?,22?,23+,26+,27-,28-,29-,30+;17-,19-,20?,21?,22?,23-,26+,27-,28-,29-,30+/m11/s1. The van der Waals surface area contributed by atoms with Crippen LogP contribution < -0.4 is 0 Å². The van der Waals surface area contributed by atoms with Crippen LogP contribution in [0.4, 0.5) is 0 Å². The SMILES string of the molecule is C[C@@H]1CC[C@]2(C(=O)O)CC[C@]3(C)C(=CCC4[C@@]5(C)C[C@@H](O)[C@@H](O)C(C)(C)C5CC[C@]43C)C2[C@]1(C)O.C[C@@H]1CC[C@]2(C(=O)O)CC[C@]3(C)C(=CCC4[C@@]5(C)C[C@@H](O)[C@H](O)C(C)(C)C5CC[C@]43C)C2[C@]1(C)O. The van der Waals surface area contributed by atoms with Crippen molar-refractivity contribution in [3.05, 3.63) is 23.3 Å². The lowest BCUT2D eigenvalue weighted by Crippen LogP contribution is -2.68. The maximum Gasteiger partial charge on any atom is 0.310 e. The van der Waals surface area contributed by atoms with Gasteiger partial charge in [-0.3, -0.25) is 9.59 Å². The monoisotopic (exact) mass is 977 g/mol. The zero-order chi connectivity index (χ0) is 52.0. The van der Waals surface area contributed by atoms with Crippen molar-refractivity contribution in [2.45, 2.75) is 235 Å². The van der Waals surface area contributed by atoms with E-state index in [0.717, 1.165) is 64.2 Å². The minimum absolute atomic E-state index is 0.0535. The minimum Gasteiger partial charge on any atom is -0.481 e. The number of fused-ring (bicyclic) bond motifs is 14. The summed E-state index contributed by atoms with van der Waals surface area (Å²) in [6, 6.07) is 0. The lowest BCUT2D eigenvalue weighted by atomic mass is 9.33. The van der Waals surface area contributed by atoms with Crippen molar-refractivity contribution >= 4 is 11.9 Å². The Kier molecular flexibility index (Phi) is 12.0. The van der Waals surface area contributed by atoms with E-state index in [1.165, 1.54) is 11.1 Å². The van der Waals surface area contributed by atoms with Crippen molar-refractivity contribution in [3.8, 4) is 0 Å². The van der Waals surface area contributed by atoms with Gasteiger partial charge in [-0.1, -0.05) is 106 Å². The Balaban J connectivity index is 0.000000174. The summed E-state index contributed by atoms with van der Waals surface area (Å²) in [5.74, 6) is -0.787. The third-order valence-corrected chi connectivity index (χ3v) is 26.8. The first-order valence-electron chi connectivity index (χ1n) is 28.0. The van der Waals surface area contributed by atoms with Gasteiger partial charge in [-0.2, -0.15) is 0 Å². The molecule has 8 fully saturated rings. The van der Waals surface area contributed by atoms with Gasteiger partial charge in [0, 0.05) is 11.8 Å². The van der Waals surface area contributed by atoms with Gasteiger partial charge in [-0.15, -0.1) is 0 Å². The van der Waals surface area contributed by atoms with Crippen molar-refractivity contribution in [1.29, 1.82) is 0 Å². The summed E-state index contributed by atoms with van der Waals surface area (Å²) in [7, 11) is 0. The number of aliphatic hydroxyl groups excluding tert-OH is 4. The molecular weight excluding hydrogens is 881 g/mol. The summed E-state index contributed by atoms with van der Waals surface area (Å²) < 4.78 is 0. The molecule has 0 aromatic rings. The highest BCUT2D eigenvalue weighted by Gasteiger charge is 2.74. The number of hydrogen-bond acceptors (Lipinski definition) is 8. The Morgan fingerprint density at radius 1 is 0.471 bits per heavy atom. The quantitative estimate of drug-likeness (QED) is 0.123. The summed E-state index contributed by atoms with van der Waals surface area (Å²) in [4.78, 5) is 25.7. The number of hydrogen-bond donors (Lipinski definition) is 8. The second-order valence-corrected chi connectivity index (χ2v) is 29.8. The molecule has 0 bridgehead atoms. The van der Waals surface area contributed by atoms with E-state index in [0.29, 0.717) is 62.2 Å². The molecule has 8 N–H and O–H groups in total. The second-order valence-electron chi connectivity index (χ2n) is 29.8. The average Bonchev–Trinajstić information content (AvgIpc) is 3.25. The van der Waals surface area contributed by atoms with Gasteiger partial charge in [-0.05, 0) is 195 Å². The molecule has 0 heterocycles. The number of rotatable bonds is 2. The molecule has 0 saturated heterocycles. The Morgan fingerprint density at radius 3 is 1.11 bits per heavy atom. The molecule has 70 heavy (non-hydrogen) atoms. The van der Waals surface area contributed by atoms with Crippen LogP contribution in [0.3, 0.4) is 0 Å². The topological polar surface area (TPSA) is 196 Å². The highest BCUT2D eigenvalue weighted by molar-refractivity contribution is 5.78. The summed E-state index contributed by atoms with van der Waals surface area (Å²) in [6.07, 6.45) is 14.4. The first-order chi connectivity index (χ1) is 32.0. The van der Waals surface area contributed by atoms with Crippen molar-refractivity contribution in [1.82, 2.24) is 0 Å². The number of aliphatic hydroxyl groups is 6. The van der Waals surface area contributed by atoms with Gasteiger partial charge in [0.05, 0.1) is 46.4 Å². The largest absolute Gasteiger partial charge is 0.481 e. The molecule has 10 heteroatoms. The zero-order valence-corrected chi connectivity index (χ0v) is 45.8. The molecule has 10 aliphatic rings. The third kappa shape index (κ3) is 6.36. The molecule has 0 aromatic heterocycles. The van der Waals surface area contributed by atoms with E-state index in [4.69, 9.17) is 0 Å². The van der Waals surface area contributed by atoms with Crippen LogP contribution in [0.2, 0.25) is 0 Å². The first kappa shape index (κ1) is 53.0. The van der Waals surface area contributed by atoms with E-state index in [-0.39, 0.29) is 67.0 Å². The first-order valence-corrected chi connectivity index (χ1v) is 28.0. The fourth-order valence-electron chi connectivity index (χ4n) is 22.0. The number of carboxylic acid groups (broad SMARTS) is 2. The molecule has 0 amide bonds. The number of carbonyl (C=O) groups is 2. The molecule has 0 spiro atoms. The highest BCUT2D eigenvalue weighted by Crippen LogP contribution is 2.78. The third-order valence-electron chi connectivity index (χ3n) is 26.8. The van der Waals surface area contributed by atoms with Gasteiger partial charge in [0.15, 0.2) is 0 Å². The molecule has 22 atom stereocenters. The molecule has 10 nitrogen and oxygen atoms in total. The van der Waals surface area contributed by atoms with Crippen LogP contribution in [0.5, 0.6) is 0 Å². The zero-order valence-electron chi connectivity index (χ0n) is 45.8. The van der Waals surface area contributed by atoms with Crippen molar-refractivity contribution in [2.24, 2.45) is 101 Å². The molecule has 0 aromatic carbocycles. The van der Waals surface area contributed by atoms with Gasteiger partial charge >= 0.3 is 11.9 Å². The predicted molar refractivity (Wildman–Crippen MR) is 271 cm³/mol. The van der Waals surface area contributed by atoms with Crippen LogP contribution in [0, 0.1) is 101 Å². The summed E-state index contributed by atoms with van der Waals surface area (Å²) >= 11 is 0. The fraction of sp³-hybridized carbons (Fsp3) is 0.900. The molecule has 10 aliphatic carbocycles. The maximum atomic E-state index is 12.8. The molecule has 0 radical (unpaired) electrons. The number of carboxylic acids is 2. The Labute approximate surface area is 421 Å². The van der Waals surface area contributed by atoms with Gasteiger partial charge in [-0.25, -0.2) is 0 Å². The molecule has 0 aliphatic heterocycles. The minimum atomic E-state index is -1.05. The van der Waals surface area contributed by atoms with E-state index in [1.807, 2.05) is 13.8 Å². The van der Waals surface area contributed by atoms with Crippen LogP contribution in [0.1, 0.15) is 200 Å². The van der Waals surface area contributed by atoms with Gasteiger partial charge in [0.2, 0.25) is 0 Å². The Hall–Kier alpha value is -1.82.